The molecule has 1 N–H and O–H groups in total. The molecule has 3 fully saturated rings. The summed E-state index contributed by atoms with van der Waals surface area (Å²) in [5, 5.41) is 3.43. The van der Waals surface area contributed by atoms with E-state index in [0.29, 0.717) is 23.3 Å². The zero-order chi connectivity index (χ0) is 15.2. The van der Waals surface area contributed by atoms with Crippen LogP contribution in [0, 0.1) is 18.3 Å². The lowest BCUT2D eigenvalue weighted by Crippen LogP contribution is -2.36. The van der Waals surface area contributed by atoms with Crippen molar-refractivity contribution in [3.8, 4) is 0 Å². The molecule has 2 unspecified atom stereocenters. The highest BCUT2D eigenvalue weighted by Crippen LogP contribution is 2.60. The number of amides is 1. The van der Waals surface area contributed by atoms with Gasteiger partial charge in [0.05, 0.1) is 6.04 Å². The Bertz CT molecular complexity index is 577. The summed E-state index contributed by atoms with van der Waals surface area (Å²) in [6.45, 7) is 5.29. The molecule has 3 aliphatic rings. The molecule has 1 saturated carbocycles. The van der Waals surface area contributed by atoms with E-state index in [-0.39, 0.29) is 0 Å². The van der Waals surface area contributed by atoms with Crippen LogP contribution < -0.4 is 5.32 Å². The average molecular weight is 298 g/mol. The van der Waals surface area contributed by atoms with Gasteiger partial charge in [0.2, 0.25) is 5.91 Å². The number of carbonyl (C=O) groups excluding carboxylic acids is 1. The molecule has 22 heavy (non-hydrogen) atoms. The topological polar surface area (TPSA) is 32.3 Å². The van der Waals surface area contributed by atoms with Crippen LogP contribution in [0.3, 0.4) is 0 Å². The predicted molar refractivity (Wildman–Crippen MR) is 87.5 cm³/mol. The fourth-order valence-electron chi connectivity index (χ4n) is 4.69. The third-order valence-electron chi connectivity index (χ3n) is 6.17. The minimum Gasteiger partial charge on any atom is -0.335 e. The van der Waals surface area contributed by atoms with Crippen LogP contribution in [-0.2, 0) is 4.79 Å². The van der Waals surface area contributed by atoms with E-state index in [4.69, 9.17) is 0 Å². The van der Waals surface area contributed by atoms with Crippen molar-refractivity contribution >= 4 is 5.91 Å². The van der Waals surface area contributed by atoms with Crippen molar-refractivity contribution in [2.75, 3.05) is 19.6 Å². The summed E-state index contributed by atoms with van der Waals surface area (Å²) in [6.07, 6.45) is 5.77. The van der Waals surface area contributed by atoms with Crippen LogP contribution in [0.15, 0.2) is 24.3 Å². The monoisotopic (exact) mass is 298 g/mol. The molecule has 1 aromatic rings. The quantitative estimate of drug-likeness (QED) is 0.910. The van der Waals surface area contributed by atoms with E-state index in [1.165, 1.54) is 24.0 Å². The zero-order valence-corrected chi connectivity index (χ0v) is 13.5. The first kappa shape index (κ1) is 14.3. The maximum Gasteiger partial charge on any atom is 0.226 e. The number of rotatable bonds is 2. The summed E-state index contributed by atoms with van der Waals surface area (Å²) < 4.78 is 0. The van der Waals surface area contributed by atoms with Gasteiger partial charge in [-0.3, -0.25) is 4.79 Å². The van der Waals surface area contributed by atoms with Crippen molar-refractivity contribution in [1.82, 2.24) is 10.2 Å². The van der Waals surface area contributed by atoms with E-state index in [9.17, 15) is 4.79 Å². The second kappa shape index (κ2) is 5.38. The van der Waals surface area contributed by atoms with Crippen molar-refractivity contribution in [2.24, 2.45) is 11.3 Å². The first-order valence-corrected chi connectivity index (χ1v) is 8.78. The Kier molecular flexibility index (Phi) is 3.48. The number of carbonyl (C=O) groups is 1. The van der Waals surface area contributed by atoms with Crippen LogP contribution in [-0.4, -0.2) is 30.4 Å². The molecule has 3 heteroatoms. The average Bonchev–Trinajstić information content (AvgIpc) is 3.01. The number of piperidine rings is 1. The molecule has 1 spiro atoms. The molecule has 2 atom stereocenters. The van der Waals surface area contributed by atoms with E-state index < -0.39 is 0 Å². The van der Waals surface area contributed by atoms with Crippen LogP contribution in [0.25, 0.3) is 0 Å². The molecule has 1 aromatic carbocycles. The Hall–Kier alpha value is -1.35. The van der Waals surface area contributed by atoms with Crippen LogP contribution in [0.2, 0.25) is 0 Å². The molecule has 1 aliphatic carbocycles. The molecule has 3 nitrogen and oxygen atoms in total. The number of nitrogens with one attached hydrogen (secondary N) is 1. The lowest BCUT2D eigenvalue weighted by Gasteiger charge is -2.29. The molecule has 4 rings (SSSR count). The number of hydrogen-bond acceptors (Lipinski definition) is 2. The van der Waals surface area contributed by atoms with Crippen LogP contribution in [0.1, 0.15) is 49.3 Å². The smallest absolute Gasteiger partial charge is 0.226 e. The Morgan fingerprint density at radius 1 is 1.27 bits per heavy atom. The summed E-state index contributed by atoms with van der Waals surface area (Å²) in [5.41, 5.74) is 3.02. The number of nitrogens with zero attached hydrogens (tertiary/aromatic N) is 1. The highest BCUT2D eigenvalue weighted by atomic mass is 16.2. The molecular weight excluding hydrogens is 272 g/mol. The minimum absolute atomic E-state index is 0.305. The van der Waals surface area contributed by atoms with E-state index in [2.05, 4.69) is 41.4 Å². The molecule has 2 saturated heterocycles. The van der Waals surface area contributed by atoms with Crippen LogP contribution in [0.4, 0.5) is 0 Å². The van der Waals surface area contributed by atoms with Gasteiger partial charge in [0.25, 0.3) is 0 Å². The first-order valence-electron chi connectivity index (χ1n) is 8.78. The number of likely N-dealkylation sites (tertiary alicyclic amines) is 1. The third kappa shape index (κ3) is 2.26. The number of benzene rings is 1. The van der Waals surface area contributed by atoms with Gasteiger partial charge >= 0.3 is 0 Å². The summed E-state index contributed by atoms with van der Waals surface area (Å²) in [5.74, 6) is 0.742. The lowest BCUT2D eigenvalue weighted by molar-refractivity contribution is -0.134. The van der Waals surface area contributed by atoms with E-state index in [1.54, 1.807) is 0 Å². The first-order chi connectivity index (χ1) is 10.7. The standard InChI is InChI=1S/C19H26N2O/c1-14-5-2-3-6-15(14)17-7-4-12-21(17)18(22)16-13-19(16)8-10-20-11-9-19/h2-3,5-6,16-17,20H,4,7-13H2,1H3. The summed E-state index contributed by atoms with van der Waals surface area (Å²) in [7, 11) is 0. The van der Waals surface area contributed by atoms with Gasteiger partial charge in [0.1, 0.15) is 0 Å². The maximum atomic E-state index is 13.1. The van der Waals surface area contributed by atoms with Gasteiger partial charge in [0.15, 0.2) is 0 Å². The predicted octanol–water partition coefficient (Wildman–Crippen LogP) is 3.05. The van der Waals surface area contributed by atoms with Gasteiger partial charge in [-0.25, -0.2) is 0 Å². The maximum absolute atomic E-state index is 13.1. The normalized spacial score (nSPS) is 29.8. The van der Waals surface area contributed by atoms with Gasteiger partial charge in [0, 0.05) is 12.5 Å². The molecule has 0 radical (unpaired) electrons. The lowest BCUT2D eigenvalue weighted by atomic mass is 9.91. The fourth-order valence-corrected chi connectivity index (χ4v) is 4.69. The Labute approximate surface area is 133 Å². The van der Waals surface area contributed by atoms with Gasteiger partial charge < -0.3 is 10.2 Å². The Morgan fingerprint density at radius 3 is 2.82 bits per heavy atom. The SMILES string of the molecule is Cc1ccccc1C1CCCN1C(=O)C1CC12CCNCC2. The summed E-state index contributed by atoms with van der Waals surface area (Å²) in [4.78, 5) is 15.3. The highest BCUT2D eigenvalue weighted by molar-refractivity contribution is 5.83. The van der Waals surface area contributed by atoms with Gasteiger partial charge in [-0.1, -0.05) is 24.3 Å². The second-order valence-electron chi connectivity index (χ2n) is 7.42. The van der Waals surface area contributed by atoms with Gasteiger partial charge in [-0.15, -0.1) is 0 Å². The zero-order valence-electron chi connectivity index (χ0n) is 13.5. The van der Waals surface area contributed by atoms with Crippen LogP contribution in [0.5, 0.6) is 0 Å². The van der Waals surface area contributed by atoms with E-state index in [0.717, 1.165) is 38.9 Å². The summed E-state index contributed by atoms with van der Waals surface area (Å²) >= 11 is 0. The van der Waals surface area contributed by atoms with Crippen molar-refractivity contribution in [1.29, 1.82) is 0 Å². The van der Waals surface area contributed by atoms with E-state index >= 15 is 0 Å². The molecule has 118 valence electrons. The van der Waals surface area contributed by atoms with Gasteiger partial charge in [-0.05, 0) is 68.7 Å². The van der Waals surface area contributed by atoms with E-state index in [1.807, 2.05) is 0 Å². The van der Waals surface area contributed by atoms with Crippen molar-refractivity contribution in [3.63, 3.8) is 0 Å². The fraction of sp³-hybridized carbons (Fsp3) is 0.632. The van der Waals surface area contributed by atoms with Crippen molar-refractivity contribution in [3.05, 3.63) is 35.4 Å². The Morgan fingerprint density at radius 2 is 2.05 bits per heavy atom. The molecule has 0 aromatic heterocycles. The molecule has 0 bridgehead atoms. The Balaban J connectivity index is 1.52. The molecular formula is C19H26N2O. The van der Waals surface area contributed by atoms with Gasteiger partial charge in [-0.2, -0.15) is 0 Å². The number of hydrogen-bond donors (Lipinski definition) is 1. The highest BCUT2D eigenvalue weighted by Gasteiger charge is 2.59. The summed E-state index contributed by atoms with van der Waals surface area (Å²) in [6, 6.07) is 8.88. The molecule has 2 aliphatic heterocycles. The molecule has 2 heterocycles. The second-order valence-corrected chi connectivity index (χ2v) is 7.42. The minimum atomic E-state index is 0.305. The number of aryl methyl sites for hydroxylation is 1. The van der Waals surface area contributed by atoms with Crippen LogP contribution >= 0.6 is 0 Å². The third-order valence-corrected chi connectivity index (χ3v) is 6.17. The largest absolute Gasteiger partial charge is 0.335 e. The molecule has 1 amide bonds. The van der Waals surface area contributed by atoms with Crippen molar-refractivity contribution < 1.29 is 4.79 Å². The van der Waals surface area contributed by atoms with Crippen molar-refractivity contribution in [2.45, 2.75) is 45.1 Å².